The van der Waals surface area contributed by atoms with Crippen molar-refractivity contribution in [3.8, 4) is 0 Å². The number of benzene rings is 1. The van der Waals surface area contributed by atoms with Crippen molar-refractivity contribution in [1.29, 1.82) is 0 Å². The predicted molar refractivity (Wildman–Crippen MR) is 62.9 cm³/mol. The highest BCUT2D eigenvalue weighted by atomic mass is 32.1. The van der Waals surface area contributed by atoms with Crippen LogP contribution in [0.25, 0.3) is 0 Å². The van der Waals surface area contributed by atoms with Gasteiger partial charge < -0.3 is 11.1 Å². The van der Waals surface area contributed by atoms with Gasteiger partial charge >= 0.3 is 5.00 Å². The largest absolute Gasteiger partial charge is 0.399 e. The van der Waals surface area contributed by atoms with Crippen molar-refractivity contribution in [3.63, 3.8) is 0 Å². The van der Waals surface area contributed by atoms with Crippen molar-refractivity contribution >= 4 is 32.8 Å². The lowest BCUT2D eigenvalue weighted by atomic mass is 10.3. The highest BCUT2D eigenvalue weighted by molar-refractivity contribution is 7.18. The lowest BCUT2D eigenvalue weighted by Crippen LogP contribution is -1.89. The molecule has 0 atom stereocenters. The number of hydrogen-bond donors (Lipinski definition) is 2. The van der Waals surface area contributed by atoms with E-state index < -0.39 is 4.92 Å². The zero-order valence-electron chi connectivity index (χ0n) is 8.08. The highest BCUT2D eigenvalue weighted by Gasteiger charge is 2.11. The van der Waals surface area contributed by atoms with Crippen LogP contribution in [0.2, 0.25) is 0 Å². The molecule has 0 saturated heterocycles. The monoisotopic (exact) mass is 236 g/mol. The van der Waals surface area contributed by atoms with Gasteiger partial charge in [-0.05, 0) is 35.6 Å². The summed E-state index contributed by atoms with van der Waals surface area (Å²) in [6.45, 7) is 0. The van der Waals surface area contributed by atoms with E-state index in [4.69, 9.17) is 5.73 Å². The summed E-state index contributed by atoms with van der Waals surface area (Å²) < 4.78 is 0. The molecule has 2 rings (SSSR count). The zero-order valence-corrected chi connectivity index (χ0v) is 8.90. The number of nitrogens with one attached hydrogen (secondary N) is 1. The van der Waals surface area contributed by atoms with Crippen molar-refractivity contribution in [2.24, 2.45) is 0 Å². The van der Waals surface area contributed by atoms with Gasteiger partial charge in [-0.25, -0.2) is 4.98 Å². The molecule has 0 amide bonds. The van der Waals surface area contributed by atoms with Gasteiger partial charge in [0.15, 0.2) is 5.13 Å². The van der Waals surface area contributed by atoms with E-state index >= 15 is 0 Å². The minimum Gasteiger partial charge on any atom is -0.399 e. The third-order valence-electron chi connectivity index (χ3n) is 1.84. The molecule has 0 aliphatic carbocycles. The molecule has 0 bridgehead atoms. The van der Waals surface area contributed by atoms with Gasteiger partial charge in [0.1, 0.15) is 6.20 Å². The van der Waals surface area contributed by atoms with Crippen LogP contribution < -0.4 is 11.1 Å². The lowest BCUT2D eigenvalue weighted by molar-refractivity contribution is -0.380. The maximum atomic E-state index is 10.4. The average molecular weight is 236 g/mol. The van der Waals surface area contributed by atoms with Crippen molar-refractivity contribution in [2.45, 2.75) is 0 Å². The van der Waals surface area contributed by atoms with Crippen LogP contribution in [0, 0.1) is 10.1 Å². The van der Waals surface area contributed by atoms with Crippen LogP contribution in [0.5, 0.6) is 0 Å². The molecule has 0 spiro atoms. The second-order valence-electron chi connectivity index (χ2n) is 3.01. The van der Waals surface area contributed by atoms with Crippen LogP contribution in [0.1, 0.15) is 0 Å². The van der Waals surface area contributed by atoms with Crippen molar-refractivity contribution < 1.29 is 4.92 Å². The molecule has 7 heteroatoms. The van der Waals surface area contributed by atoms with E-state index in [0.29, 0.717) is 10.8 Å². The Morgan fingerprint density at radius 2 is 2.06 bits per heavy atom. The summed E-state index contributed by atoms with van der Waals surface area (Å²) in [6, 6.07) is 7.04. The Morgan fingerprint density at radius 3 is 2.62 bits per heavy atom. The normalized spacial score (nSPS) is 10.0. The van der Waals surface area contributed by atoms with E-state index in [1.165, 1.54) is 6.20 Å². The molecule has 82 valence electrons. The summed E-state index contributed by atoms with van der Waals surface area (Å²) in [5, 5.41) is 13.9. The van der Waals surface area contributed by atoms with Gasteiger partial charge in [0, 0.05) is 11.4 Å². The number of nitro groups is 1. The SMILES string of the molecule is Nc1ccc(Nc2ncc([N+](=O)[O-])s2)cc1. The van der Waals surface area contributed by atoms with Crippen LogP contribution in [0.15, 0.2) is 30.5 Å². The number of rotatable bonds is 3. The molecule has 0 fully saturated rings. The minimum absolute atomic E-state index is 0.0120. The molecule has 0 unspecified atom stereocenters. The first-order chi connectivity index (χ1) is 7.65. The van der Waals surface area contributed by atoms with Crippen LogP contribution >= 0.6 is 11.3 Å². The first kappa shape index (κ1) is 10.4. The number of thiazole rings is 1. The number of aromatic nitrogens is 1. The Hall–Kier alpha value is -2.15. The summed E-state index contributed by atoms with van der Waals surface area (Å²) >= 11 is 0.987. The Kier molecular flexibility index (Phi) is 2.69. The molecule has 0 aliphatic rings. The maximum Gasteiger partial charge on any atom is 0.345 e. The standard InChI is InChI=1S/C9H8N4O2S/c10-6-1-3-7(4-2-6)12-9-11-5-8(16-9)13(14)15/h1-5H,10H2,(H,11,12). The number of nitrogens with two attached hydrogens (primary N) is 1. The molecule has 0 aliphatic heterocycles. The summed E-state index contributed by atoms with van der Waals surface area (Å²) in [6.07, 6.45) is 1.23. The molecule has 1 heterocycles. The fraction of sp³-hybridized carbons (Fsp3) is 0. The van der Waals surface area contributed by atoms with E-state index in [1.807, 2.05) is 0 Å². The third kappa shape index (κ3) is 2.26. The molecular weight excluding hydrogens is 228 g/mol. The Bertz CT molecular complexity index is 508. The summed E-state index contributed by atoms with van der Waals surface area (Å²) in [5.41, 5.74) is 6.99. The van der Waals surface area contributed by atoms with Gasteiger partial charge in [-0.1, -0.05) is 0 Å². The Morgan fingerprint density at radius 1 is 1.38 bits per heavy atom. The summed E-state index contributed by atoms with van der Waals surface area (Å²) in [7, 11) is 0. The molecular formula is C9H8N4O2S. The third-order valence-corrected chi connectivity index (χ3v) is 2.70. The number of nitrogen functional groups attached to an aromatic ring is 1. The van der Waals surface area contributed by atoms with E-state index in [1.54, 1.807) is 24.3 Å². The fourth-order valence-corrected chi connectivity index (χ4v) is 1.75. The topological polar surface area (TPSA) is 94.1 Å². The second kappa shape index (κ2) is 4.15. The number of anilines is 3. The first-order valence-electron chi connectivity index (χ1n) is 4.38. The van der Waals surface area contributed by atoms with Gasteiger partial charge in [0.2, 0.25) is 0 Å². The molecule has 16 heavy (non-hydrogen) atoms. The quantitative estimate of drug-likeness (QED) is 0.484. The zero-order chi connectivity index (χ0) is 11.5. The van der Waals surface area contributed by atoms with Crippen molar-refractivity contribution in [2.75, 3.05) is 11.1 Å². The minimum atomic E-state index is -0.466. The molecule has 3 N–H and O–H groups in total. The summed E-state index contributed by atoms with van der Waals surface area (Å²) in [5.74, 6) is 0. The van der Waals surface area contributed by atoms with Crippen molar-refractivity contribution in [3.05, 3.63) is 40.6 Å². The Labute approximate surface area is 94.9 Å². The maximum absolute atomic E-state index is 10.4. The predicted octanol–water partition coefficient (Wildman–Crippen LogP) is 2.38. The fourth-order valence-electron chi connectivity index (χ4n) is 1.10. The first-order valence-corrected chi connectivity index (χ1v) is 5.19. The molecule has 2 aromatic rings. The van der Waals surface area contributed by atoms with E-state index in [2.05, 4.69) is 10.3 Å². The number of hydrogen-bond acceptors (Lipinski definition) is 6. The molecule has 0 saturated carbocycles. The highest BCUT2D eigenvalue weighted by Crippen LogP contribution is 2.27. The van der Waals surface area contributed by atoms with Gasteiger partial charge in [0.25, 0.3) is 0 Å². The second-order valence-corrected chi connectivity index (χ2v) is 4.02. The number of nitrogens with zero attached hydrogens (tertiary/aromatic N) is 2. The van der Waals surface area contributed by atoms with Gasteiger partial charge in [-0.3, -0.25) is 10.1 Å². The van der Waals surface area contributed by atoms with Gasteiger partial charge in [-0.15, -0.1) is 0 Å². The molecule has 6 nitrogen and oxygen atoms in total. The van der Waals surface area contributed by atoms with Crippen LogP contribution in [0.3, 0.4) is 0 Å². The van der Waals surface area contributed by atoms with Crippen LogP contribution in [-0.2, 0) is 0 Å². The molecule has 0 radical (unpaired) electrons. The average Bonchev–Trinajstić information content (AvgIpc) is 2.70. The van der Waals surface area contributed by atoms with Crippen LogP contribution in [-0.4, -0.2) is 9.91 Å². The van der Waals surface area contributed by atoms with Crippen LogP contribution in [0.4, 0.5) is 21.5 Å². The Balaban J connectivity index is 2.14. The lowest BCUT2D eigenvalue weighted by Gasteiger charge is -2.01. The smallest absolute Gasteiger partial charge is 0.345 e. The van der Waals surface area contributed by atoms with Gasteiger partial charge in [-0.2, -0.15) is 0 Å². The van der Waals surface area contributed by atoms with Gasteiger partial charge in [0.05, 0.1) is 4.92 Å². The molecule has 1 aromatic heterocycles. The van der Waals surface area contributed by atoms with Crippen molar-refractivity contribution in [1.82, 2.24) is 4.98 Å². The van der Waals surface area contributed by atoms with E-state index in [9.17, 15) is 10.1 Å². The van der Waals surface area contributed by atoms with E-state index in [0.717, 1.165) is 17.0 Å². The van der Waals surface area contributed by atoms with E-state index in [-0.39, 0.29) is 5.00 Å². The molecule has 1 aromatic carbocycles. The summed E-state index contributed by atoms with van der Waals surface area (Å²) in [4.78, 5) is 13.9.